The van der Waals surface area contributed by atoms with Gasteiger partial charge >= 0.3 is 6.36 Å². The van der Waals surface area contributed by atoms with Gasteiger partial charge in [-0.3, -0.25) is 9.52 Å². The Morgan fingerprint density at radius 3 is 2.28 bits per heavy atom. The van der Waals surface area contributed by atoms with Crippen LogP contribution in [0.5, 0.6) is 11.5 Å². The molecule has 0 bridgehead atoms. The normalized spacial score (nSPS) is 11.8. The molecular weight excluding hydrogens is 413 g/mol. The lowest BCUT2D eigenvalue weighted by atomic mass is 10.3. The average Bonchev–Trinajstić information content (AvgIpc) is 2.54. The van der Waals surface area contributed by atoms with Crippen molar-refractivity contribution in [2.24, 2.45) is 0 Å². The summed E-state index contributed by atoms with van der Waals surface area (Å²) >= 11 is 0. The number of rotatable bonds is 8. The second-order valence-electron chi connectivity index (χ2n) is 6.18. The van der Waals surface area contributed by atoms with Crippen molar-refractivity contribution in [1.29, 1.82) is 0 Å². The fourth-order valence-electron chi connectivity index (χ4n) is 2.23. The van der Waals surface area contributed by atoms with E-state index in [2.05, 4.69) is 14.8 Å². The lowest BCUT2D eigenvalue weighted by Gasteiger charge is -2.12. The molecule has 0 radical (unpaired) electrons. The molecule has 158 valence electrons. The number of benzene rings is 2. The lowest BCUT2D eigenvalue weighted by Crippen LogP contribution is -2.27. The third-order valence-electron chi connectivity index (χ3n) is 3.17. The fourth-order valence-corrected chi connectivity index (χ4v) is 3.21. The van der Waals surface area contributed by atoms with E-state index in [1.165, 1.54) is 24.3 Å². The highest BCUT2D eigenvalue weighted by Gasteiger charge is 2.31. The minimum absolute atomic E-state index is 0.0397. The zero-order chi connectivity index (χ0) is 21.7. The third kappa shape index (κ3) is 8.30. The van der Waals surface area contributed by atoms with Gasteiger partial charge in [-0.05, 0) is 50.2 Å². The summed E-state index contributed by atoms with van der Waals surface area (Å²) in [4.78, 5) is 12.0. The van der Waals surface area contributed by atoms with Gasteiger partial charge in [-0.15, -0.1) is 13.2 Å². The second kappa shape index (κ2) is 9.03. The molecule has 0 saturated carbocycles. The molecule has 0 aliphatic carbocycles. The topological polar surface area (TPSA) is 93.7 Å². The second-order valence-corrected chi connectivity index (χ2v) is 7.90. The highest BCUT2D eigenvalue weighted by Crippen LogP contribution is 2.25. The molecule has 0 fully saturated rings. The van der Waals surface area contributed by atoms with Gasteiger partial charge in [0.2, 0.25) is 15.9 Å². The number of carbonyl (C=O) groups is 1. The van der Waals surface area contributed by atoms with Gasteiger partial charge in [0.1, 0.15) is 17.3 Å². The zero-order valence-corrected chi connectivity index (χ0v) is 16.3. The number of carbonyl (C=O) groups excluding carboxylic acids is 1. The molecule has 0 aliphatic rings. The van der Waals surface area contributed by atoms with Crippen LogP contribution in [0.3, 0.4) is 0 Å². The van der Waals surface area contributed by atoms with Crippen LogP contribution in [0.1, 0.15) is 13.8 Å². The molecule has 0 aliphatic heterocycles. The Labute approximate surface area is 165 Å². The molecule has 1 amide bonds. The van der Waals surface area contributed by atoms with Crippen LogP contribution in [0.25, 0.3) is 0 Å². The number of nitrogens with one attached hydrogen (secondary N) is 2. The summed E-state index contributed by atoms with van der Waals surface area (Å²) in [7, 11) is -4.04. The van der Waals surface area contributed by atoms with Crippen molar-refractivity contribution in [3.8, 4) is 11.5 Å². The number of sulfonamides is 1. The first kappa shape index (κ1) is 22.3. The van der Waals surface area contributed by atoms with Crippen LogP contribution >= 0.6 is 0 Å². The van der Waals surface area contributed by atoms with Crippen LogP contribution in [-0.4, -0.2) is 32.5 Å². The Balaban J connectivity index is 1.96. The van der Waals surface area contributed by atoms with Crippen LogP contribution in [-0.2, 0) is 14.8 Å². The first-order valence-corrected chi connectivity index (χ1v) is 10.00. The molecular formula is C18H19F3N2O5S. The van der Waals surface area contributed by atoms with Crippen molar-refractivity contribution in [1.82, 2.24) is 0 Å². The first-order valence-electron chi connectivity index (χ1n) is 8.35. The summed E-state index contributed by atoms with van der Waals surface area (Å²) < 4.78 is 72.5. The van der Waals surface area contributed by atoms with E-state index < -0.39 is 33.8 Å². The zero-order valence-electron chi connectivity index (χ0n) is 15.5. The van der Waals surface area contributed by atoms with Gasteiger partial charge in [-0.2, -0.15) is 0 Å². The SMILES string of the molecule is CC(C)Oc1ccc(NS(=O)(=O)CC(=O)Nc2cccc(OC(F)(F)F)c2)cc1. The Morgan fingerprint density at radius 2 is 1.69 bits per heavy atom. The number of alkyl halides is 3. The van der Waals surface area contributed by atoms with Crippen LogP contribution in [0.15, 0.2) is 48.5 Å². The van der Waals surface area contributed by atoms with Gasteiger partial charge in [-0.1, -0.05) is 6.07 Å². The molecule has 2 N–H and O–H groups in total. The number of amides is 1. The minimum atomic E-state index is -4.88. The fraction of sp³-hybridized carbons (Fsp3) is 0.278. The van der Waals surface area contributed by atoms with E-state index in [0.717, 1.165) is 12.1 Å². The third-order valence-corrected chi connectivity index (χ3v) is 4.36. The largest absolute Gasteiger partial charge is 0.573 e. The number of ether oxygens (including phenoxy) is 2. The van der Waals surface area contributed by atoms with Gasteiger partial charge in [-0.25, -0.2) is 8.42 Å². The Kier molecular flexibility index (Phi) is 6.96. The molecule has 0 heterocycles. The van der Waals surface area contributed by atoms with Crippen molar-refractivity contribution in [3.05, 3.63) is 48.5 Å². The number of hydrogen-bond acceptors (Lipinski definition) is 5. The highest BCUT2D eigenvalue weighted by atomic mass is 32.2. The van der Waals surface area contributed by atoms with Gasteiger partial charge in [0, 0.05) is 17.4 Å². The molecule has 2 aromatic rings. The van der Waals surface area contributed by atoms with Crippen LogP contribution < -0.4 is 19.5 Å². The molecule has 2 rings (SSSR count). The molecule has 2 aromatic carbocycles. The quantitative estimate of drug-likeness (QED) is 0.663. The Bertz CT molecular complexity index is 945. The molecule has 0 unspecified atom stereocenters. The number of halogens is 3. The van der Waals surface area contributed by atoms with Crippen molar-refractivity contribution in [3.63, 3.8) is 0 Å². The molecule has 0 saturated heterocycles. The first-order chi connectivity index (χ1) is 13.4. The van der Waals surface area contributed by atoms with Crippen molar-refractivity contribution >= 4 is 27.3 Å². The van der Waals surface area contributed by atoms with Crippen LogP contribution in [0, 0.1) is 0 Å². The van der Waals surface area contributed by atoms with Crippen LogP contribution in [0.2, 0.25) is 0 Å². The maximum absolute atomic E-state index is 12.2. The van der Waals surface area contributed by atoms with E-state index >= 15 is 0 Å². The van der Waals surface area contributed by atoms with Gasteiger partial charge in [0.15, 0.2) is 0 Å². The molecule has 0 atom stereocenters. The Morgan fingerprint density at radius 1 is 1.03 bits per heavy atom. The number of hydrogen-bond donors (Lipinski definition) is 2. The van der Waals surface area contributed by atoms with E-state index in [9.17, 15) is 26.4 Å². The molecule has 11 heteroatoms. The summed E-state index contributed by atoms with van der Waals surface area (Å²) in [5.74, 6) is -1.84. The van der Waals surface area contributed by atoms with E-state index in [-0.39, 0.29) is 17.5 Å². The summed E-state index contributed by atoms with van der Waals surface area (Å²) in [6.07, 6.45) is -4.92. The van der Waals surface area contributed by atoms with Gasteiger partial charge in [0.25, 0.3) is 0 Å². The van der Waals surface area contributed by atoms with E-state index in [1.807, 2.05) is 13.8 Å². The van der Waals surface area contributed by atoms with Crippen molar-refractivity contribution in [2.75, 3.05) is 15.8 Å². The van der Waals surface area contributed by atoms with Crippen molar-refractivity contribution in [2.45, 2.75) is 26.3 Å². The molecule has 7 nitrogen and oxygen atoms in total. The lowest BCUT2D eigenvalue weighted by molar-refractivity contribution is -0.274. The molecule has 29 heavy (non-hydrogen) atoms. The smallest absolute Gasteiger partial charge is 0.491 e. The summed E-state index contributed by atoms with van der Waals surface area (Å²) in [6.45, 7) is 3.69. The number of anilines is 2. The van der Waals surface area contributed by atoms with E-state index in [1.54, 1.807) is 12.1 Å². The summed E-state index contributed by atoms with van der Waals surface area (Å²) in [5, 5.41) is 2.22. The summed E-state index contributed by atoms with van der Waals surface area (Å²) in [5.41, 5.74) is 0.191. The maximum Gasteiger partial charge on any atom is 0.573 e. The van der Waals surface area contributed by atoms with E-state index in [0.29, 0.717) is 5.75 Å². The predicted molar refractivity (Wildman–Crippen MR) is 101 cm³/mol. The predicted octanol–water partition coefficient (Wildman–Crippen LogP) is 3.75. The van der Waals surface area contributed by atoms with Crippen molar-refractivity contribution < 1.29 is 35.9 Å². The maximum atomic E-state index is 12.2. The summed E-state index contributed by atoms with van der Waals surface area (Å²) in [6, 6.07) is 10.6. The highest BCUT2D eigenvalue weighted by molar-refractivity contribution is 7.93. The molecule has 0 aromatic heterocycles. The molecule has 0 spiro atoms. The minimum Gasteiger partial charge on any atom is -0.491 e. The average molecular weight is 432 g/mol. The Hall–Kier alpha value is -2.95. The van der Waals surface area contributed by atoms with Gasteiger partial charge in [0.05, 0.1) is 6.10 Å². The monoisotopic (exact) mass is 432 g/mol. The van der Waals surface area contributed by atoms with E-state index in [4.69, 9.17) is 4.74 Å². The van der Waals surface area contributed by atoms with Gasteiger partial charge < -0.3 is 14.8 Å². The standard InChI is InChI=1S/C18H19F3N2O5S/c1-12(2)27-15-8-6-13(7-9-15)23-29(25,26)11-17(24)22-14-4-3-5-16(10-14)28-18(19,20)21/h3-10,12,23H,11H2,1-2H3,(H,22,24). The van der Waals surface area contributed by atoms with Crippen LogP contribution in [0.4, 0.5) is 24.5 Å².